The highest BCUT2D eigenvalue weighted by Crippen LogP contribution is 2.27. The first-order chi connectivity index (χ1) is 15.5. The Morgan fingerprint density at radius 2 is 2.00 bits per heavy atom. The van der Waals surface area contributed by atoms with Gasteiger partial charge in [-0.2, -0.15) is 5.10 Å². The van der Waals surface area contributed by atoms with E-state index in [-0.39, 0.29) is 5.91 Å². The molecule has 6 nitrogen and oxygen atoms in total. The summed E-state index contributed by atoms with van der Waals surface area (Å²) in [5.74, 6) is 1.55. The predicted molar refractivity (Wildman–Crippen MR) is 128 cm³/mol. The number of carbonyl (C=O) groups excluding carboxylic acids is 1. The molecule has 7 heteroatoms. The molecule has 162 valence electrons. The molecule has 0 fully saturated rings. The van der Waals surface area contributed by atoms with Crippen LogP contribution in [0.4, 0.5) is 0 Å². The number of nitrogens with one attached hydrogen (secondary N) is 2. The first-order valence-electron chi connectivity index (χ1n) is 10.3. The molecule has 4 aromatic rings. The van der Waals surface area contributed by atoms with Crippen LogP contribution < -0.4 is 10.2 Å². The third-order valence-electron chi connectivity index (χ3n) is 4.69. The standard InChI is InChI=1S/C25H23ClN4O2/c1-16(2)15-32-19-7-5-6-17(12-19)14-27-30-25(31)18-10-11-22-23(13-18)29-24(28-22)20-8-3-4-9-21(20)26/h3-14,16H,15H2,1-2H3,(H,28,29)(H,30,31)/b27-14+. The molecule has 0 atom stereocenters. The number of imidazole rings is 1. The Morgan fingerprint density at radius 1 is 1.16 bits per heavy atom. The number of aromatic amines is 1. The summed E-state index contributed by atoms with van der Waals surface area (Å²) in [6.07, 6.45) is 1.59. The van der Waals surface area contributed by atoms with Crippen molar-refractivity contribution in [2.45, 2.75) is 13.8 Å². The number of hydrogen-bond donors (Lipinski definition) is 2. The van der Waals surface area contributed by atoms with Crippen LogP contribution in [-0.2, 0) is 0 Å². The summed E-state index contributed by atoms with van der Waals surface area (Å²) >= 11 is 6.27. The van der Waals surface area contributed by atoms with Crippen molar-refractivity contribution in [3.05, 3.63) is 82.9 Å². The van der Waals surface area contributed by atoms with E-state index in [1.165, 1.54) is 0 Å². The van der Waals surface area contributed by atoms with E-state index in [1.54, 1.807) is 24.4 Å². The molecule has 2 N–H and O–H groups in total. The van der Waals surface area contributed by atoms with Crippen LogP contribution >= 0.6 is 11.6 Å². The summed E-state index contributed by atoms with van der Waals surface area (Å²) in [5, 5.41) is 4.68. The molecule has 0 aliphatic carbocycles. The highest BCUT2D eigenvalue weighted by atomic mass is 35.5. The number of aromatic nitrogens is 2. The van der Waals surface area contributed by atoms with Crippen LogP contribution in [0.5, 0.6) is 5.75 Å². The molecule has 0 radical (unpaired) electrons. The third kappa shape index (κ3) is 5.15. The average molecular weight is 447 g/mol. The number of ether oxygens (including phenoxy) is 1. The summed E-state index contributed by atoms with van der Waals surface area (Å²) < 4.78 is 5.72. The molecule has 1 amide bonds. The molecule has 0 spiro atoms. The number of hydrazone groups is 1. The van der Waals surface area contributed by atoms with Crippen molar-refractivity contribution in [2.75, 3.05) is 6.61 Å². The SMILES string of the molecule is CC(C)COc1cccc(/C=N/NC(=O)c2ccc3nc(-c4ccccc4Cl)[nH]c3c2)c1. The Bertz CT molecular complexity index is 1280. The molecule has 0 aliphatic rings. The predicted octanol–water partition coefficient (Wildman–Crippen LogP) is 5.68. The molecule has 0 aliphatic heterocycles. The van der Waals surface area contributed by atoms with Crippen LogP contribution in [-0.4, -0.2) is 28.7 Å². The van der Waals surface area contributed by atoms with E-state index >= 15 is 0 Å². The highest BCUT2D eigenvalue weighted by molar-refractivity contribution is 6.33. The van der Waals surface area contributed by atoms with Gasteiger partial charge in [0.15, 0.2) is 0 Å². The summed E-state index contributed by atoms with van der Waals surface area (Å²) in [4.78, 5) is 20.3. The number of carbonyl (C=O) groups is 1. The topological polar surface area (TPSA) is 79.4 Å². The van der Waals surface area contributed by atoms with Gasteiger partial charge in [0.2, 0.25) is 0 Å². The maximum atomic E-state index is 12.5. The Kier molecular flexibility index (Phi) is 6.52. The maximum Gasteiger partial charge on any atom is 0.271 e. The van der Waals surface area contributed by atoms with E-state index in [4.69, 9.17) is 16.3 Å². The second-order valence-electron chi connectivity index (χ2n) is 7.77. The molecule has 0 saturated heterocycles. The normalized spacial score (nSPS) is 11.4. The largest absolute Gasteiger partial charge is 0.493 e. The van der Waals surface area contributed by atoms with E-state index in [0.717, 1.165) is 27.9 Å². The number of rotatable bonds is 7. The van der Waals surface area contributed by atoms with Gasteiger partial charge in [-0.05, 0) is 53.9 Å². The van der Waals surface area contributed by atoms with Crippen LogP contribution in [0, 0.1) is 5.92 Å². The number of H-pyrrole nitrogens is 1. The Balaban J connectivity index is 1.45. The molecule has 3 aromatic carbocycles. The van der Waals surface area contributed by atoms with E-state index in [9.17, 15) is 4.79 Å². The first-order valence-corrected chi connectivity index (χ1v) is 10.7. The van der Waals surface area contributed by atoms with Gasteiger partial charge < -0.3 is 9.72 Å². The zero-order chi connectivity index (χ0) is 22.5. The quantitative estimate of drug-likeness (QED) is 0.283. The monoisotopic (exact) mass is 446 g/mol. The van der Waals surface area contributed by atoms with Crippen molar-refractivity contribution in [1.29, 1.82) is 0 Å². The van der Waals surface area contributed by atoms with Gasteiger partial charge in [-0.15, -0.1) is 0 Å². The minimum absolute atomic E-state index is 0.316. The fourth-order valence-electron chi connectivity index (χ4n) is 3.11. The minimum Gasteiger partial charge on any atom is -0.493 e. The lowest BCUT2D eigenvalue weighted by molar-refractivity contribution is 0.0955. The Hall–Kier alpha value is -3.64. The Morgan fingerprint density at radius 3 is 2.81 bits per heavy atom. The smallest absolute Gasteiger partial charge is 0.271 e. The summed E-state index contributed by atoms with van der Waals surface area (Å²) in [5.41, 5.74) is 6.16. The van der Waals surface area contributed by atoms with E-state index in [2.05, 4.69) is 34.3 Å². The van der Waals surface area contributed by atoms with E-state index < -0.39 is 0 Å². The number of nitrogens with zero attached hydrogens (tertiary/aromatic N) is 2. The zero-order valence-corrected chi connectivity index (χ0v) is 18.6. The van der Waals surface area contributed by atoms with E-state index in [1.807, 2.05) is 48.5 Å². The zero-order valence-electron chi connectivity index (χ0n) is 17.8. The second kappa shape index (κ2) is 9.66. The second-order valence-corrected chi connectivity index (χ2v) is 8.18. The van der Waals surface area contributed by atoms with Crippen molar-refractivity contribution < 1.29 is 9.53 Å². The summed E-state index contributed by atoms with van der Waals surface area (Å²) in [7, 11) is 0. The lowest BCUT2D eigenvalue weighted by atomic mass is 10.2. The van der Waals surface area contributed by atoms with Crippen molar-refractivity contribution >= 4 is 34.8 Å². The molecular weight excluding hydrogens is 424 g/mol. The number of fused-ring (bicyclic) bond motifs is 1. The lowest BCUT2D eigenvalue weighted by Crippen LogP contribution is -2.17. The van der Waals surface area contributed by atoms with Crippen LogP contribution in [0.25, 0.3) is 22.4 Å². The lowest BCUT2D eigenvalue weighted by Gasteiger charge is -2.08. The maximum absolute atomic E-state index is 12.5. The highest BCUT2D eigenvalue weighted by Gasteiger charge is 2.11. The van der Waals surface area contributed by atoms with Crippen LogP contribution in [0.15, 0.2) is 71.8 Å². The molecule has 0 saturated carbocycles. The van der Waals surface area contributed by atoms with Crippen LogP contribution in [0.3, 0.4) is 0 Å². The molecule has 4 rings (SSSR count). The minimum atomic E-state index is -0.316. The summed E-state index contributed by atoms with van der Waals surface area (Å²) in [6.45, 7) is 4.84. The van der Waals surface area contributed by atoms with Crippen LogP contribution in [0.2, 0.25) is 5.02 Å². The van der Waals surface area contributed by atoms with Gasteiger partial charge in [0.1, 0.15) is 11.6 Å². The van der Waals surface area contributed by atoms with Gasteiger partial charge in [0, 0.05) is 11.1 Å². The average Bonchev–Trinajstić information content (AvgIpc) is 3.21. The van der Waals surface area contributed by atoms with Gasteiger partial charge in [-0.25, -0.2) is 10.4 Å². The van der Waals surface area contributed by atoms with Gasteiger partial charge in [-0.3, -0.25) is 4.79 Å². The van der Waals surface area contributed by atoms with Gasteiger partial charge >= 0.3 is 0 Å². The number of benzene rings is 3. The molecular formula is C25H23ClN4O2. The Labute approximate surface area is 191 Å². The van der Waals surface area contributed by atoms with E-state index in [0.29, 0.717) is 28.9 Å². The molecule has 0 unspecified atom stereocenters. The van der Waals surface area contributed by atoms with Crippen molar-refractivity contribution in [3.8, 4) is 17.1 Å². The number of hydrogen-bond acceptors (Lipinski definition) is 4. The fraction of sp³-hybridized carbons (Fsp3) is 0.160. The molecule has 1 aromatic heterocycles. The molecule has 0 bridgehead atoms. The molecule has 32 heavy (non-hydrogen) atoms. The van der Waals surface area contributed by atoms with Gasteiger partial charge in [0.25, 0.3) is 5.91 Å². The van der Waals surface area contributed by atoms with Gasteiger partial charge in [0.05, 0.1) is 28.9 Å². The van der Waals surface area contributed by atoms with Crippen molar-refractivity contribution in [2.24, 2.45) is 11.0 Å². The number of amides is 1. The fourth-order valence-corrected chi connectivity index (χ4v) is 3.33. The molecule has 1 heterocycles. The van der Waals surface area contributed by atoms with Crippen molar-refractivity contribution in [3.63, 3.8) is 0 Å². The first kappa shape index (κ1) is 21.6. The number of halogens is 1. The van der Waals surface area contributed by atoms with Crippen LogP contribution in [0.1, 0.15) is 29.8 Å². The van der Waals surface area contributed by atoms with Crippen molar-refractivity contribution in [1.82, 2.24) is 15.4 Å². The van der Waals surface area contributed by atoms with Gasteiger partial charge in [-0.1, -0.05) is 49.7 Å². The summed E-state index contributed by atoms with van der Waals surface area (Å²) in [6, 6.07) is 20.3. The third-order valence-corrected chi connectivity index (χ3v) is 5.02.